The Morgan fingerprint density at radius 1 is 1.26 bits per heavy atom. The van der Waals surface area contributed by atoms with E-state index >= 15 is 0 Å². The normalized spacial score (nSPS) is 10.0. The summed E-state index contributed by atoms with van der Waals surface area (Å²) in [6.07, 6.45) is 3.57. The molecule has 0 spiro atoms. The van der Waals surface area contributed by atoms with Crippen LogP contribution in [0.1, 0.15) is 27.9 Å². The predicted molar refractivity (Wildman–Crippen MR) is 72.5 cm³/mol. The average molecular weight is 253 g/mol. The van der Waals surface area contributed by atoms with Crippen LogP contribution in [0.25, 0.3) is 0 Å². The standard InChI is InChI=1S/C14H15N5/c1-9-7-16-5-4-12(9)8-17-14-13(6-15)10(2)11(3)18-19-14/h4-5,7H,8H2,1-3H3,(H,17,19). The number of hydrogen-bond donors (Lipinski definition) is 1. The van der Waals surface area contributed by atoms with Gasteiger partial charge in [-0.15, -0.1) is 5.10 Å². The molecule has 2 heterocycles. The highest BCUT2D eigenvalue weighted by Crippen LogP contribution is 2.18. The van der Waals surface area contributed by atoms with Crippen LogP contribution in [-0.2, 0) is 6.54 Å². The Labute approximate surface area is 112 Å². The number of pyridine rings is 1. The van der Waals surface area contributed by atoms with E-state index in [-0.39, 0.29) is 0 Å². The molecule has 5 heteroatoms. The third-order valence-electron chi connectivity index (χ3n) is 3.15. The molecule has 0 aliphatic rings. The van der Waals surface area contributed by atoms with Crippen molar-refractivity contribution in [3.05, 3.63) is 46.4 Å². The molecule has 19 heavy (non-hydrogen) atoms. The number of rotatable bonds is 3. The predicted octanol–water partition coefficient (Wildman–Crippen LogP) is 2.28. The summed E-state index contributed by atoms with van der Waals surface area (Å²) in [5.74, 6) is 0.529. The molecule has 2 rings (SSSR count). The first-order chi connectivity index (χ1) is 9.13. The summed E-state index contributed by atoms with van der Waals surface area (Å²) in [4.78, 5) is 4.05. The number of nitrogens with one attached hydrogen (secondary N) is 1. The molecule has 0 aliphatic heterocycles. The van der Waals surface area contributed by atoms with Crippen LogP contribution in [0.15, 0.2) is 18.5 Å². The summed E-state index contributed by atoms with van der Waals surface area (Å²) < 4.78 is 0. The van der Waals surface area contributed by atoms with Crippen molar-refractivity contribution in [3.8, 4) is 6.07 Å². The average Bonchev–Trinajstić information content (AvgIpc) is 2.41. The highest BCUT2D eigenvalue weighted by molar-refractivity contribution is 5.56. The molecule has 0 bridgehead atoms. The van der Waals surface area contributed by atoms with Crippen molar-refractivity contribution in [1.29, 1.82) is 5.26 Å². The second-order valence-corrected chi connectivity index (χ2v) is 4.40. The van der Waals surface area contributed by atoms with E-state index in [1.165, 1.54) is 0 Å². The molecule has 2 aromatic heterocycles. The number of aromatic nitrogens is 3. The van der Waals surface area contributed by atoms with Crippen molar-refractivity contribution < 1.29 is 0 Å². The first-order valence-electron chi connectivity index (χ1n) is 6.01. The molecule has 0 radical (unpaired) electrons. The van der Waals surface area contributed by atoms with Crippen LogP contribution in [0.4, 0.5) is 5.82 Å². The maximum Gasteiger partial charge on any atom is 0.167 e. The van der Waals surface area contributed by atoms with Gasteiger partial charge in [-0.05, 0) is 43.5 Å². The molecule has 0 amide bonds. The van der Waals surface area contributed by atoms with Crippen LogP contribution in [0.2, 0.25) is 0 Å². The Morgan fingerprint density at radius 2 is 2.05 bits per heavy atom. The molecule has 0 atom stereocenters. The first kappa shape index (κ1) is 13.0. The fourth-order valence-electron chi connectivity index (χ4n) is 1.75. The molecule has 0 unspecified atom stereocenters. The molecular weight excluding hydrogens is 238 g/mol. The monoisotopic (exact) mass is 253 g/mol. The maximum absolute atomic E-state index is 9.21. The van der Waals surface area contributed by atoms with Crippen molar-refractivity contribution in [2.45, 2.75) is 27.3 Å². The Hall–Kier alpha value is -2.48. The molecule has 0 aromatic carbocycles. The van der Waals surface area contributed by atoms with E-state index in [1.54, 1.807) is 6.20 Å². The molecule has 0 fully saturated rings. The number of aryl methyl sites for hydroxylation is 2. The van der Waals surface area contributed by atoms with Gasteiger partial charge in [-0.3, -0.25) is 4.98 Å². The van der Waals surface area contributed by atoms with Crippen molar-refractivity contribution >= 4 is 5.82 Å². The van der Waals surface area contributed by atoms with Gasteiger partial charge in [0.2, 0.25) is 0 Å². The van der Waals surface area contributed by atoms with Gasteiger partial charge in [0.05, 0.1) is 5.69 Å². The molecule has 5 nitrogen and oxygen atoms in total. The molecule has 96 valence electrons. The lowest BCUT2D eigenvalue weighted by Gasteiger charge is -2.10. The second kappa shape index (κ2) is 5.44. The smallest absolute Gasteiger partial charge is 0.167 e. The number of nitriles is 1. The molecular formula is C14H15N5. The lowest BCUT2D eigenvalue weighted by molar-refractivity contribution is 0.938. The summed E-state index contributed by atoms with van der Waals surface area (Å²) in [6, 6.07) is 4.13. The molecule has 0 saturated carbocycles. The van der Waals surface area contributed by atoms with Crippen molar-refractivity contribution in [2.75, 3.05) is 5.32 Å². The largest absolute Gasteiger partial charge is 0.363 e. The van der Waals surface area contributed by atoms with E-state index < -0.39 is 0 Å². The van der Waals surface area contributed by atoms with Crippen LogP contribution in [0.3, 0.4) is 0 Å². The van der Waals surface area contributed by atoms with Crippen molar-refractivity contribution in [3.63, 3.8) is 0 Å². The summed E-state index contributed by atoms with van der Waals surface area (Å²) in [7, 11) is 0. The quantitative estimate of drug-likeness (QED) is 0.908. The molecule has 0 aliphatic carbocycles. The Morgan fingerprint density at radius 3 is 2.74 bits per heavy atom. The topological polar surface area (TPSA) is 74.5 Å². The van der Waals surface area contributed by atoms with Gasteiger partial charge in [0.1, 0.15) is 11.6 Å². The molecule has 2 aromatic rings. The highest BCUT2D eigenvalue weighted by atomic mass is 15.2. The fourth-order valence-corrected chi connectivity index (χ4v) is 1.75. The minimum atomic E-state index is 0.529. The summed E-state index contributed by atoms with van der Waals surface area (Å²) in [5, 5.41) is 20.5. The lowest BCUT2D eigenvalue weighted by Crippen LogP contribution is -2.08. The van der Waals surface area contributed by atoms with Gasteiger partial charge in [-0.2, -0.15) is 10.4 Å². The number of anilines is 1. The van der Waals surface area contributed by atoms with Gasteiger partial charge in [0.25, 0.3) is 0 Å². The van der Waals surface area contributed by atoms with E-state index in [4.69, 9.17) is 0 Å². The number of hydrogen-bond acceptors (Lipinski definition) is 5. The third kappa shape index (κ3) is 2.68. The zero-order valence-corrected chi connectivity index (χ0v) is 11.2. The zero-order valence-electron chi connectivity index (χ0n) is 11.2. The summed E-state index contributed by atoms with van der Waals surface area (Å²) in [5.41, 5.74) is 4.43. The van der Waals surface area contributed by atoms with Gasteiger partial charge in [0, 0.05) is 18.9 Å². The SMILES string of the molecule is Cc1cnccc1CNc1nnc(C)c(C)c1C#N. The van der Waals surface area contributed by atoms with Crippen LogP contribution < -0.4 is 5.32 Å². The Kier molecular flexibility index (Phi) is 3.71. The number of nitrogens with zero attached hydrogens (tertiary/aromatic N) is 4. The van der Waals surface area contributed by atoms with E-state index in [1.807, 2.05) is 33.0 Å². The minimum absolute atomic E-state index is 0.529. The minimum Gasteiger partial charge on any atom is -0.363 e. The van der Waals surface area contributed by atoms with E-state index in [2.05, 4.69) is 26.6 Å². The van der Waals surface area contributed by atoms with Crippen molar-refractivity contribution in [1.82, 2.24) is 15.2 Å². The fraction of sp³-hybridized carbons (Fsp3) is 0.286. The Bertz CT molecular complexity index is 643. The van der Waals surface area contributed by atoms with E-state index in [0.717, 1.165) is 22.4 Å². The second-order valence-electron chi connectivity index (χ2n) is 4.40. The molecule has 0 saturated heterocycles. The van der Waals surface area contributed by atoms with Gasteiger partial charge >= 0.3 is 0 Å². The summed E-state index contributed by atoms with van der Waals surface area (Å²) in [6.45, 7) is 6.33. The van der Waals surface area contributed by atoms with Gasteiger partial charge < -0.3 is 5.32 Å². The van der Waals surface area contributed by atoms with Crippen LogP contribution in [0, 0.1) is 32.1 Å². The van der Waals surface area contributed by atoms with Crippen LogP contribution in [-0.4, -0.2) is 15.2 Å². The van der Waals surface area contributed by atoms with E-state index in [0.29, 0.717) is 17.9 Å². The van der Waals surface area contributed by atoms with Crippen LogP contribution >= 0.6 is 0 Å². The van der Waals surface area contributed by atoms with Gasteiger partial charge in [0.15, 0.2) is 5.82 Å². The van der Waals surface area contributed by atoms with Crippen molar-refractivity contribution in [2.24, 2.45) is 0 Å². The maximum atomic E-state index is 9.21. The summed E-state index contributed by atoms with van der Waals surface area (Å²) >= 11 is 0. The lowest BCUT2D eigenvalue weighted by atomic mass is 10.1. The third-order valence-corrected chi connectivity index (χ3v) is 3.15. The zero-order chi connectivity index (χ0) is 13.8. The highest BCUT2D eigenvalue weighted by Gasteiger charge is 2.10. The Balaban J connectivity index is 2.24. The van der Waals surface area contributed by atoms with Crippen LogP contribution in [0.5, 0.6) is 0 Å². The first-order valence-corrected chi connectivity index (χ1v) is 6.01. The van der Waals surface area contributed by atoms with Gasteiger partial charge in [-0.25, -0.2) is 0 Å². The van der Waals surface area contributed by atoms with E-state index in [9.17, 15) is 5.26 Å². The molecule has 1 N–H and O–H groups in total. The van der Waals surface area contributed by atoms with Gasteiger partial charge in [-0.1, -0.05) is 0 Å².